The third kappa shape index (κ3) is 4.41. The molecule has 1 fully saturated rings. The van der Waals surface area contributed by atoms with Crippen LogP contribution in [0.2, 0.25) is 0 Å². The molecule has 1 saturated carbocycles. The summed E-state index contributed by atoms with van der Waals surface area (Å²) in [5.74, 6) is 0.679. The molecule has 1 unspecified atom stereocenters. The summed E-state index contributed by atoms with van der Waals surface area (Å²) in [7, 11) is 0. The Morgan fingerprint density at radius 1 is 1.53 bits per heavy atom. The second kappa shape index (κ2) is 6.53. The molecule has 1 aliphatic rings. The number of nitrogens with two attached hydrogens (primary N) is 1. The summed E-state index contributed by atoms with van der Waals surface area (Å²) < 4.78 is 0. The first-order valence-corrected chi connectivity index (χ1v) is 7.64. The van der Waals surface area contributed by atoms with Gasteiger partial charge in [0.15, 0.2) is 0 Å². The van der Waals surface area contributed by atoms with Crippen LogP contribution < -0.4 is 5.73 Å². The Bertz CT molecular complexity index is 306. The first kappa shape index (κ1) is 13.1. The summed E-state index contributed by atoms with van der Waals surface area (Å²) in [6.45, 7) is 5.47. The minimum Gasteiger partial charge on any atom is -0.330 e. The standard InChI is InChI=1S/C14H24N2S/c1-12(10-15)4-2-8-16(13-6-7-13)11-14-5-3-9-17-14/h3,5,9,12-13H,2,4,6-8,10-11,15H2,1H3. The van der Waals surface area contributed by atoms with Crippen LogP contribution in [0.3, 0.4) is 0 Å². The second-order valence-corrected chi connectivity index (χ2v) is 6.30. The van der Waals surface area contributed by atoms with Gasteiger partial charge in [-0.1, -0.05) is 13.0 Å². The van der Waals surface area contributed by atoms with Gasteiger partial charge in [0.2, 0.25) is 0 Å². The predicted octanol–water partition coefficient (Wildman–Crippen LogP) is 3.09. The fraction of sp³-hybridized carbons (Fsp3) is 0.714. The molecule has 0 aliphatic heterocycles. The highest BCUT2D eigenvalue weighted by molar-refractivity contribution is 7.09. The van der Waals surface area contributed by atoms with Gasteiger partial charge in [0.05, 0.1) is 0 Å². The lowest BCUT2D eigenvalue weighted by molar-refractivity contribution is 0.246. The molecule has 1 aromatic rings. The summed E-state index contributed by atoms with van der Waals surface area (Å²) in [5, 5.41) is 2.18. The van der Waals surface area contributed by atoms with Crippen LogP contribution in [0, 0.1) is 5.92 Å². The van der Waals surface area contributed by atoms with E-state index in [4.69, 9.17) is 5.73 Å². The lowest BCUT2D eigenvalue weighted by atomic mass is 10.1. The van der Waals surface area contributed by atoms with E-state index in [0.29, 0.717) is 5.92 Å². The molecule has 96 valence electrons. The quantitative estimate of drug-likeness (QED) is 0.770. The summed E-state index contributed by atoms with van der Waals surface area (Å²) in [4.78, 5) is 4.17. The SMILES string of the molecule is CC(CN)CCCN(Cc1cccs1)C1CC1. The molecular weight excluding hydrogens is 228 g/mol. The number of nitrogens with zero attached hydrogens (tertiary/aromatic N) is 1. The maximum Gasteiger partial charge on any atom is 0.0330 e. The lowest BCUT2D eigenvalue weighted by Gasteiger charge is -2.21. The van der Waals surface area contributed by atoms with Crippen LogP contribution in [-0.4, -0.2) is 24.0 Å². The summed E-state index contributed by atoms with van der Waals surface area (Å²) in [5.41, 5.74) is 5.66. The van der Waals surface area contributed by atoms with Crippen molar-refractivity contribution >= 4 is 11.3 Å². The molecule has 2 nitrogen and oxygen atoms in total. The Hall–Kier alpha value is -0.380. The summed E-state index contributed by atoms with van der Waals surface area (Å²) in [6, 6.07) is 5.27. The van der Waals surface area contributed by atoms with Crippen molar-refractivity contribution in [1.82, 2.24) is 4.90 Å². The predicted molar refractivity (Wildman–Crippen MR) is 75.2 cm³/mol. The number of hydrogen-bond donors (Lipinski definition) is 1. The molecule has 2 N–H and O–H groups in total. The molecule has 0 spiro atoms. The van der Waals surface area contributed by atoms with E-state index in [1.807, 2.05) is 11.3 Å². The van der Waals surface area contributed by atoms with Crippen LogP contribution in [0.25, 0.3) is 0 Å². The van der Waals surface area contributed by atoms with E-state index in [2.05, 4.69) is 29.3 Å². The fourth-order valence-corrected chi connectivity index (χ4v) is 2.92. The summed E-state index contributed by atoms with van der Waals surface area (Å²) >= 11 is 1.88. The van der Waals surface area contributed by atoms with Crippen LogP contribution in [-0.2, 0) is 6.54 Å². The molecule has 1 aliphatic carbocycles. The molecule has 0 bridgehead atoms. The van der Waals surface area contributed by atoms with E-state index in [9.17, 15) is 0 Å². The Morgan fingerprint density at radius 2 is 2.35 bits per heavy atom. The minimum atomic E-state index is 0.679. The van der Waals surface area contributed by atoms with Crippen molar-refractivity contribution in [3.05, 3.63) is 22.4 Å². The van der Waals surface area contributed by atoms with Gasteiger partial charge in [0, 0.05) is 17.5 Å². The van der Waals surface area contributed by atoms with Gasteiger partial charge in [0.25, 0.3) is 0 Å². The van der Waals surface area contributed by atoms with Gasteiger partial charge in [-0.15, -0.1) is 11.3 Å². The molecule has 0 amide bonds. The average Bonchev–Trinajstić information content (AvgIpc) is 3.06. The van der Waals surface area contributed by atoms with Crippen LogP contribution in [0.5, 0.6) is 0 Å². The van der Waals surface area contributed by atoms with Crippen molar-refractivity contribution in [1.29, 1.82) is 0 Å². The number of rotatable bonds is 8. The number of hydrogen-bond acceptors (Lipinski definition) is 3. The van der Waals surface area contributed by atoms with Gasteiger partial charge in [0.1, 0.15) is 0 Å². The molecule has 1 heterocycles. The van der Waals surface area contributed by atoms with E-state index in [1.165, 1.54) is 37.1 Å². The van der Waals surface area contributed by atoms with E-state index in [-0.39, 0.29) is 0 Å². The molecule has 1 aromatic heterocycles. The highest BCUT2D eigenvalue weighted by Crippen LogP contribution is 2.29. The third-order valence-corrected chi connectivity index (χ3v) is 4.41. The van der Waals surface area contributed by atoms with Gasteiger partial charge in [-0.05, 0) is 56.1 Å². The minimum absolute atomic E-state index is 0.679. The average molecular weight is 252 g/mol. The topological polar surface area (TPSA) is 29.3 Å². The van der Waals surface area contributed by atoms with Crippen molar-refractivity contribution in [2.75, 3.05) is 13.1 Å². The van der Waals surface area contributed by atoms with Crippen LogP contribution in [0.4, 0.5) is 0 Å². The van der Waals surface area contributed by atoms with Crippen LogP contribution in [0.1, 0.15) is 37.5 Å². The van der Waals surface area contributed by atoms with Crippen molar-refractivity contribution < 1.29 is 0 Å². The lowest BCUT2D eigenvalue weighted by Crippen LogP contribution is -2.27. The van der Waals surface area contributed by atoms with E-state index in [0.717, 1.165) is 19.1 Å². The highest BCUT2D eigenvalue weighted by Gasteiger charge is 2.28. The maximum absolute atomic E-state index is 5.66. The smallest absolute Gasteiger partial charge is 0.0330 e. The molecule has 3 heteroatoms. The first-order chi connectivity index (χ1) is 8.29. The van der Waals surface area contributed by atoms with Gasteiger partial charge in [-0.25, -0.2) is 0 Å². The first-order valence-electron chi connectivity index (χ1n) is 6.76. The van der Waals surface area contributed by atoms with Gasteiger partial charge in [-0.3, -0.25) is 4.90 Å². The van der Waals surface area contributed by atoms with E-state index >= 15 is 0 Å². The molecule has 1 atom stereocenters. The Morgan fingerprint density at radius 3 is 2.94 bits per heavy atom. The zero-order valence-corrected chi connectivity index (χ0v) is 11.6. The Labute approximate surface area is 109 Å². The fourth-order valence-electron chi connectivity index (χ4n) is 2.19. The second-order valence-electron chi connectivity index (χ2n) is 5.26. The Balaban J connectivity index is 1.73. The van der Waals surface area contributed by atoms with E-state index in [1.54, 1.807) is 0 Å². The molecule has 0 radical (unpaired) electrons. The van der Waals surface area contributed by atoms with Crippen molar-refractivity contribution in [2.45, 2.75) is 45.2 Å². The van der Waals surface area contributed by atoms with Gasteiger partial charge in [-0.2, -0.15) is 0 Å². The van der Waals surface area contributed by atoms with Gasteiger partial charge >= 0.3 is 0 Å². The van der Waals surface area contributed by atoms with Gasteiger partial charge < -0.3 is 5.73 Å². The highest BCUT2D eigenvalue weighted by atomic mass is 32.1. The monoisotopic (exact) mass is 252 g/mol. The molecule has 0 saturated heterocycles. The third-order valence-electron chi connectivity index (χ3n) is 3.55. The van der Waals surface area contributed by atoms with Crippen molar-refractivity contribution in [2.24, 2.45) is 11.7 Å². The van der Waals surface area contributed by atoms with Crippen molar-refractivity contribution in [3.8, 4) is 0 Å². The normalized spacial score (nSPS) is 17.6. The largest absolute Gasteiger partial charge is 0.330 e. The number of thiophene rings is 1. The molecule has 0 aromatic carbocycles. The summed E-state index contributed by atoms with van der Waals surface area (Å²) in [6.07, 6.45) is 5.36. The maximum atomic E-state index is 5.66. The molecule has 2 rings (SSSR count). The zero-order chi connectivity index (χ0) is 12.1. The van der Waals surface area contributed by atoms with E-state index < -0.39 is 0 Å². The molecular formula is C14H24N2S. The van der Waals surface area contributed by atoms with Crippen molar-refractivity contribution in [3.63, 3.8) is 0 Å². The Kier molecular flexibility index (Phi) is 5.01. The zero-order valence-electron chi connectivity index (χ0n) is 10.8. The van der Waals surface area contributed by atoms with Crippen LogP contribution in [0.15, 0.2) is 17.5 Å². The molecule has 17 heavy (non-hydrogen) atoms. The van der Waals surface area contributed by atoms with Crippen LogP contribution >= 0.6 is 11.3 Å².